The Morgan fingerprint density at radius 2 is 2.00 bits per heavy atom. The van der Waals surface area contributed by atoms with Crippen LogP contribution in [-0.2, 0) is 16.0 Å². The number of ether oxygens (including phenoxy) is 1. The molecular weight excluding hydrogens is 408 g/mol. The Labute approximate surface area is 187 Å². The Morgan fingerprint density at radius 1 is 1.19 bits per heavy atom. The Bertz CT molecular complexity index is 964. The molecule has 2 saturated heterocycles. The fourth-order valence-electron chi connectivity index (χ4n) is 4.40. The molecule has 0 unspecified atom stereocenters. The van der Waals surface area contributed by atoms with E-state index in [2.05, 4.69) is 10.3 Å². The van der Waals surface area contributed by atoms with E-state index < -0.39 is 12.1 Å². The number of nitrogens with one attached hydrogen (secondary N) is 1. The van der Waals surface area contributed by atoms with E-state index in [1.165, 1.54) is 4.90 Å². The summed E-state index contributed by atoms with van der Waals surface area (Å²) in [5.74, 6) is 0.297. The zero-order chi connectivity index (χ0) is 22.5. The first-order valence-electron chi connectivity index (χ1n) is 11.0. The van der Waals surface area contributed by atoms with Crippen LogP contribution in [0.3, 0.4) is 0 Å². The van der Waals surface area contributed by atoms with Gasteiger partial charge in [0.15, 0.2) is 0 Å². The van der Waals surface area contributed by atoms with Crippen LogP contribution in [0.25, 0.3) is 0 Å². The molecule has 0 bridgehead atoms. The van der Waals surface area contributed by atoms with Crippen LogP contribution in [-0.4, -0.2) is 58.9 Å². The van der Waals surface area contributed by atoms with E-state index in [0.29, 0.717) is 13.0 Å². The fourth-order valence-corrected chi connectivity index (χ4v) is 4.40. The molecule has 0 spiro atoms. The Balaban J connectivity index is 1.37. The second-order valence-corrected chi connectivity index (χ2v) is 8.18. The molecule has 2 aliphatic heterocycles. The second-order valence-electron chi connectivity index (χ2n) is 8.18. The smallest absolute Gasteiger partial charge is 0.324 e. The van der Waals surface area contributed by atoms with Gasteiger partial charge in [-0.15, -0.1) is 0 Å². The van der Waals surface area contributed by atoms with Crippen LogP contribution in [0.15, 0.2) is 48.8 Å². The molecule has 8 heteroatoms. The van der Waals surface area contributed by atoms with E-state index in [-0.39, 0.29) is 30.8 Å². The van der Waals surface area contributed by atoms with Crippen LogP contribution < -0.4 is 10.1 Å². The van der Waals surface area contributed by atoms with E-state index in [4.69, 9.17) is 4.74 Å². The summed E-state index contributed by atoms with van der Waals surface area (Å²) in [6.45, 7) is 0.915. The summed E-state index contributed by atoms with van der Waals surface area (Å²) in [7, 11) is 1.60. The highest BCUT2D eigenvalue weighted by atomic mass is 16.5. The lowest BCUT2D eigenvalue weighted by Gasteiger charge is -2.36. The number of carbonyl (C=O) groups is 3. The zero-order valence-corrected chi connectivity index (χ0v) is 18.2. The third-order valence-corrected chi connectivity index (χ3v) is 6.16. The number of carbonyl (C=O) groups excluding carboxylic acids is 3. The van der Waals surface area contributed by atoms with Gasteiger partial charge in [0, 0.05) is 25.5 Å². The lowest BCUT2D eigenvalue weighted by atomic mass is 9.95. The second kappa shape index (κ2) is 9.80. The van der Waals surface area contributed by atoms with Crippen molar-refractivity contribution in [3.8, 4) is 5.75 Å². The van der Waals surface area contributed by atoms with Crippen LogP contribution in [0.1, 0.15) is 42.9 Å². The molecule has 1 N–H and O–H groups in total. The molecule has 4 rings (SSSR count). The highest BCUT2D eigenvalue weighted by Gasteiger charge is 2.40. The van der Waals surface area contributed by atoms with Crippen molar-refractivity contribution in [1.82, 2.24) is 20.1 Å². The predicted octanol–water partition coefficient (Wildman–Crippen LogP) is 2.70. The maximum absolute atomic E-state index is 13.1. The van der Waals surface area contributed by atoms with Gasteiger partial charge in [-0.05, 0) is 55.0 Å². The quantitative estimate of drug-likeness (QED) is 0.674. The number of piperidine rings is 1. The summed E-state index contributed by atoms with van der Waals surface area (Å²) >= 11 is 0. The van der Waals surface area contributed by atoms with Gasteiger partial charge in [-0.1, -0.05) is 18.2 Å². The van der Waals surface area contributed by atoms with Gasteiger partial charge >= 0.3 is 6.03 Å². The molecule has 0 radical (unpaired) electrons. The third kappa shape index (κ3) is 4.74. The highest BCUT2D eigenvalue weighted by Crippen LogP contribution is 2.31. The lowest BCUT2D eigenvalue weighted by Crippen LogP contribution is -2.43. The SMILES string of the molecule is COc1ccc(CCN2C(=O)N[C@@H](CC(=O)N3CCCC[C@H]3c3cccnc3)C2=O)cc1. The average molecular weight is 437 g/mol. The van der Waals surface area contributed by atoms with Crippen molar-refractivity contribution < 1.29 is 19.1 Å². The monoisotopic (exact) mass is 436 g/mol. The topological polar surface area (TPSA) is 91.8 Å². The maximum atomic E-state index is 13.1. The standard InChI is InChI=1S/C24H28N4O4/c1-32-19-9-7-17(8-10-19)11-14-28-23(30)20(26-24(28)31)15-22(29)27-13-3-2-6-21(27)18-5-4-12-25-16-18/h4-5,7-10,12,16,20-21H,2-3,6,11,13-15H2,1H3,(H,26,31)/t20-,21-/m0/s1. The lowest BCUT2D eigenvalue weighted by molar-refractivity contribution is -0.138. The number of benzene rings is 1. The largest absolute Gasteiger partial charge is 0.497 e. The summed E-state index contributed by atoms with van der Waals surface area (Å²) in [4.78, 5) is 45.6. The number of rotatable bonds is 7. The molecule has 0 aliphatic carbocycles. The van der Waals surface area contributed by atoms with E-state index >= 15 is 0 Å². The number of amides is 4. The summed E-state index contributed by atoms with van der Waals surface area (Å²) in [6, 6.07) is 10.1. The van der Waals surface area contributed by atoms with E-state index in [0.717, 1.165) is 36.1 Å². The molecule has 2 atom stereocenters. The normalized spacial score (nSPS) is 20.9. The summed E-state index contributed by atoms with van der Waals surface area (Å²) in [5.41, 5.74) is 2.00. The summed E-state index contributed by atoms with van der Waals surface area (Å²) in [5, 5.41) is 2.69. The van der Waals surface area contributed by atoms with Crippen molar-refractivity contribution in [3.63, 3.8) is 0 Å². The van der Waals surface area contributed by atoms with Gasteiger partial charge in [-0.2, -0.15) is 0 Å². The third-order valence-electron chi connectivity index (χ3n) is 6.16. The first-order valence-corrected chi connectivity index (χ1v) is 11.0. The van der Waals surface area contributed by atoms with Crippen molar-refractivity contribution in [1.29, 1.82) is 0 Å². The number of imide groups is 1. The van der Waals surface area contributed by atoms with Gasteiger partial charge in [0.1, 0.15) is 11.8 Å². The minimum atomic E-state index is -0.817. The number of aromatic nitrogens is 1. The van der Waals surface area contributed by atoms with Gasteiger partial charge in [0.2, 0.25) is 5.91 Å². The molecule has 2 aromatic rings. The van der Waals surface area contributed by atoms with Gasteiger partial charge in [0.05, 0.1) is 19.6 Å². The van der Waals surface area contributed by atoms with Crippen LogP contribution >= 0.6 is 0 Å². The summed E-state index contributed by atoms with van der Waals surface area (Å²) < 4.78 is 5.15. The molecule has 1 aromatic carbocycles. The van der Waals surface area contributed by atoms with Gasteiger partial charge in [0.25, 0.3) is 5.91 Å². The first kappa shape index (κ1) is 21.8. The average Bonchev–Trinajstić information content (AvgIpc) is 3.10. The molecule has 8 nitrogen and oxygen atoms in total. The maximum Gasteiger partial charge on any atom is 0.324 e. The number of hydrogen-bond acceptors (Lipinski definition) is 5. The van der Waals surface area contributed by atoms with Crippen molar-refractivity contribution in [2.24, 2.45) is 0 Å². The van der Waals surface area contributed by atoms with Crippen LogP contribution in [0.5, 0.6) is 5.75 Å². The van der Waals surface area contributed by atoms with Crippen LogP contribution in [0, 0.1) is 0 Å². The molecule has 0 saturated carbocycles. The number of pyridine rings is 1. The van der Waals surface area contributed by atoms with Crippen molar-refractivity contribution in [3.05, 3.63) is 59.9 Å². The molecule has 2 fully saturated rings. The van der Waals surface area contributed by atoms with E-state index in [1.54, 1.807) is 19.5 Å². The van der Waals surface area contributed by atoms with Crippen molar-refractivity contribution in [2.75, 3.05) is 20.2 Å². The number of hydrogen-bond donors (Lipinski definition) is 1. The number of likely N-dealkylation sites (tertiary alicyclic amines) is 1. The Morgan fingerprint density at radius 3 is 2.72 bits per heavy atom. The predicted molar refractivity (Wildman–Crippen MR) is 118 cm³/mol. The molecular formula is C24H28N4O4. The van der Waals surface area contributed by atoms with Crippen molar-refractivity contribution >= 4 is 17.8 Å². The van der Waals surface area contributed by atoms with Gasteiger partial charge in [-0.25, -0.2) is 4.79 Å². The molecule has 168 valence electrons. The number of nitrogens with zero attached hydrogens (tertiary/aromatic N) is 3. The fraction of sp³-hybridized carbons (Fsp3) is 0.417. The van der Waals surface area contributed by atoms with Gasteiger partial charge < -0.3 is 15.0 Å². The van der Waals surface area contributed by atoms with Crippen LogP contribution in [0.4, 0.5) is 4.79 Å². The molecule has 1 aromatic heterocycles. The van der Waals surface area contributed by atoms with Gasteiger partial charge in [-0.3, -0.25) is 19.5 Å². The molecule has 32 heavy (non-hydrogen) atoms. The highest BCUT2D eigenvalue weighted by molar-refractivity contribution is 6.05. The van der Waals surface area contributed by atoms with Crippen LogP contribution in [0.2, 0.25) is 0 Å². The molecule has 3 heterocycles. The number of methoxy groups -OCH3 is 1. The Hall–Kier alpha value is -3.42. The minimum Gasteiger partial charge on any atom is -0.497 e. The first-order chi connectivity index (χ1) is 15.6. The Kier molecular flexibility index (Phi) is 6.68. The molecule has 4 amide bonds. The van der Waals surface area contributed by atoms with Crippen molar-refractivity contribution in [2.45, 2.75) is 44.2 Å². The zero-order valence-electron chi connectivity index (χ0n) is 18.2. The van der Waals surface area contributed by atoms with E-state index in [9.17, 15) is 14.4 Å². The summed E-state index contributed by atoms with van der Waals surface area (Å²) in [6.07, 6.45) is 6.87. The number of urea groups is 1. The van der Waals surface area contributed by atoms with E-state index in [1.807, 2.05) is 41.3 Å². The molecule has 2 aliphatic rings. The minimum absolute atomic E-state index is 0.0274.